The number of thiazole rings is 1. The molecule has 24 heavy (non-hydrogen) atoms. The monoisotopic (exact) mass is 362 g/mol. The number of thioether (sulfide) groups is 1. The molecule has 1 N–H and O–H groups in total. The topological polar surface area (TPSA) is 42.0 Å². The SMILES string of the molecule is O=C(CSc1nc(-c2ccccc2)cs1)Nc1c(F)cccc1F. The lowest BCUT2D eigenvalue weighted by atomic mass is 10.2. The van der Waals surface area contributed by atoms with Gasteiger partial charge in [0.25, 0.3) is 0 Å². The maximum absolute atomic E-state index is 13.5. The molecule has 122 valence electrons. The van der Waals surface area contributed by atoms with Crippen LogP contribution in [0.25, 0.3) is 11.3 Å². The van der Waals surface area contributed by atoms with Crippen molar-refractivity contribution in [3.05, 3.63) is 65.5 Å². The minimum absolute atomic E-state index is 0.0233. The van der Waals surface area contributed by atoms with E-state index in [9.17, 15) is 13.6 Å². The Hall–Kier alpha value is -2.25. The molecule has 0 spiro atoms. The predicted molar refractivity (Wildman–Crippen MR) is 93.3 cm³/mol. The van der Waals surface area contributed by atoms with E-state index >= 15 is 0 Å². The average Bonchev–Trinajstić information content (AvgIpc) is 3.06. The molecule has 0 bridgehead atoms. The number of benzene rings is 2. The molecular weight excluding hydrogens is 350 g/mol. The first-order valence-corrected chi connectivity index (χ1v) is 8.87. The Morgan fingerprint density at radius 2 is 1.79 bits per heavy atom. The summed E-state index contributed by atoms with van der Waals surface area (Å²) in [6.45, 7) is 0. The number of halogens is 2. The van der Waals surface area contributed by atoms with Crippen LogP contribution < -0.4 is 5.32 Å². The summed E-state index contributed by atoms with van der Waals surface area (Å²) < 4.78 is 27.7. The molecule has 3 nitrogen and oxygen atoms in total. The minimum atomic E-state index is -0.797. The number of nitrogens with zero attached hydrogens (tertiary/aromatic N) is 1. The quantitative estimate of drug-likeness (QED) is 0.662. The van der Waals surface area contributed by atoms with E-state index in [1.807, 2.05) is 35.7 Å². The van der Waals surface area contributed by atoms with Gasteiger partial charge in [-0.25, -0.2) is 13.8 Å². The first-order valence-electron chi connectivity index (χ1n) is 7.01. The lowest BCUT2D eigenvalue weighted by Crippen LogP contribution is -2.16. The van der Waals surface area contributed by atoms with Crippen LogP contribution in [-0.4, -0.2) is 16.6 Å². The Kier molecular flexibility index (Phi) is 5.22. The first kappa shape index (κ1) is 16.6. The number of nitrogens with one attached hydrogen (secondary N) is 1. The van der Waals surface area contributed by atoms with Gasteiger partial charge in [-0.3, -0.25) is 4.79 Å². The second-order valence-corrected chi connectivity index (χ2v) is 6.88. The molecule has 0 saturated carbocycles. The summed E-state index contributed by atoms with van der Waals surface area (Å²) in [5.74, 6) is -2.06. The largest absolute Gasteiger partial charge is 0.320 e. The van der Waals surface area contributed by atoms with Gasteiger partial charge in [0.1, 0.15) is 17.3 Å². The molecule has 0 unspecified atom stereocenters. The van der Waals surface area contributed by atoms with E-state index in [2.05, 4.69) is 10.3 Å². The molecule has 3 aromatic rings. The van der Waals surface area contributed by atoms with Crippen molar-refractivity contribution in [3.63, 3.8) is 0 Å². The van der Waals surface area contributed by atoms with Crippen molar-refractivity contribution >= 4 is 34.7 Å². The van der Waals surface area contributed by atoms with E-state index < -0.39 is 23.2 Å². The summed E-state index contributed by atoms with van der Waals surface area (Å²) in [4.78, 5) is 16.3. The normalized spacial score (nSPS) is 10.6. The predicted octanol–water partition coefficient (Wildman–Crippen LogP) is 4.82. The number of carbonyl (C=O) groups excluding carboxylic acids is 1. The van der Waals surface area contributed by atoms with E-state index in [0.717, 1.165) is 27.7 Å². The first-order chi connectivity index (χ1) is 11.6. The Bertz CT molecular complexity index is 833. The van der Waals surface area contributed by atoms with Gasteiger partial charge in [0, 0.05) is 10.9 Å². The lowest BCUT2D eigenvalue weighted by Gasteiger charge is -2.06. The fraction of sp³-hybridized carbons (Fsp3) is 0.0588. The molecule has 1 aromatic heterocycles. The highest BCUT2D eigenvalue weighted by Gasteiger charge is 2.13. The van der Waals surface area contributed by atoms with Crippen LogP contribution in [0.2, 0.25) is 0 Å². The van der Waals surface area contributed by atoms with Gasteiger partial charge in [-0.2, -0.15) is 0 Å². The Morgan fingerprint density at radius 1 is 1.08 bits per heavy atom. The van der Waals surface area contributed by atoms with Gasteiger partial charge in [-0.15, -0.1) is 11.3 Å². The molecule has 3 rings (SSSR count). The fourth-order valence-electron chi connectivity index (χ4n) is 1.99. The van der Waals surface area contributed by atoms with Crippen LogP contribution in [0.5, 0.6) is 0 Å². The van der Waals surface area contributed by atoms with E-state index in [0.29, 0.717) is 0 Å². The van der Waals surface area contributed by atoms with Gasteiger partial charge >= 0.3 is 0 Å². The zero-order valence-electron chi connectivity index (χ0n) is 12.3. The van der Waals surface area contributed by atoms with Crippen LogP contribution in [0.4, 0.5) is 14.5 Å². The number of anilines is 1. The highest BCUT2D eigenvalue weighted by Crippen LogP contribution is 2.28. The third-order valence-electron chi connectivity index (χ3n) is 3.11. The van der Waals surface area contributed by atoms with Gasteiger partial charge in [-0.1, -0.05) is 48.2 Å². The molecule has 7 heteroatoms. The van der Waals surface area contributed by atoms with Gasteiger partial charge in [0.05, 0.1) is 11.4 Å². The molecule has 0 aliphatic rings. The minimum Gasteiger partial charge on any atom is -0.320 e. The van der Waals surface area contributed by atoms with Crippen LogP contribution in [0.15, 0.2) is 58.3 Å². The van der Waals surface area contributed by atoms with E-state index in [1.165, 1.54) is 29.2 Å². The summed E-state index contributed by atoms with van der Waals surface area (Å²) in [7, 11) is 0. The van der Waals surface area contributed by atoms with Crippen molar-refractivity contribution in [3.8, 4) is 11.3 Å². The van der Waals surface area contributed by atoms with Crippen LogP contribution in [0, 0.1) is 11.6 Å². The smallest absolute Gasteiger partial charge is 0.234 e. The molecule has 0 radical (unpaired) electrons. The van der Waals surface area contributed by atoms with Crippen LogP contribution in [0.1, 0.15) is 0 Å². The lowest BCUT2D eigenvalue weighted by molar-refractivity contribution is -0.113. The van der Waals surface area contributed by atoms with Crippen LogP contribution >= 0.6 is 23.1 Å². The van der Waals surface area contributed by atoms with Crippen LogP contribution in [-0.2, 0) is 4.79 Å². The number of hydrogen-bond donors (Lipinski definition) is 1. The maximum Gasteiger partial charge on any atom is 0.234 e. The molecule has 1 heterocycles. The van der Waals surface area contributed by atoms with Crippen molar-refractivity contribution in [1.82, 2.24) is 4.98 Å². The maximum atomic E-state index is 13.5. The molecule has 0 saturated heterocycles. The number of para-hydroxylation sites is 1. The van der Waals surface area contributed by atoms with Crippen LogP contribution in [0.3, 0.4) is 0 Å². The third kappa shape index (κ3) is 3.98. The number of rotatable bonds is 5. The third-order valence-corrected chi connectivity index (χ3v) is 5.13. The van der Waals surface area contributed by atoms with Gasteiger partial charge in [0.2, 0.25) is 5.91 Å². The molecule has 0 atom stereocenters. The Balaban J connectivity index is 1.60. The molecule has 1 amide bonds. The summed E-state index contributed by atoms with van der Waals surface area (Å²) in [5, 5.41) is 4.16. The molecule has 0 fully saturated rings. The van der Waals surface area contributed by atoms with Crippen molar-refractivity contribution in [2.45, 2.75) is 4.34 Å². The Morgan fingerprint density at radius 3 is 2.50 bits per heavy atom. The summed E-state index contributed by atoms with van der Waals surface area (Å²) >= 11 is 2.65. The summed E-state index contributed by atoms with van der Waals surface area (Å²) in [6.07, 6.45) is 0. The number of aromatic nitrogens is 1. The van der Waals surface area contributed by atoms with E-state index in [4.69, 9.17) is 0 Å². The standard InChI is InChI=1S/C17H12F2N2OS2/c18-12-7-4-8-13(19)16(12)21-15(22)10-24-17-20-14(9-23-17)11-5-2-1-3-6-11/h1-9H,10H2,(H,21,22). The second kappa shape index (κ2) is 7.55. The summed E-state index contributed by atoms with van der Waals surface area (Å²) in [6, 6.07) is 13.1. The highest BCUT2D eigenvalue weighted by atomic mass is 32.2. The average molecular weight is 362 g/mol. The summed E-state index contributed by atoms with van der Waals surface area (Å²) in [5.41, 5.74) is 1.41. The van der Waals surface area contributed by atoms with Gasteiger partial charge < -0.3 is 5.32 Å². The van der Waals surface area contributed by atoms with Crippen molar-refractivity contribution in [2.75, 3.05) is 11.1 Å². The zero-order valence-corrected chi connectivity index (χ0v) is 14.0. The Labute approximate surface area is 145 Å². The van der Waals surface area contributed by atoms with E-state index in [1.54, 1.807) is 0 Å². The second-order valence-electron chi connectivity index (χ2n) is 4.80. The van der Waals surface area contributed by atoms with Crippen molar-refractivity contribution in [2.24, 2.45) is 0 Å². The van der Waals surface area contributed by atoms with Gasteiger partial charge in [0.15, 0.2) is 4.34 Å². The molecule has 2 aromatic carbocycles. The highest BCUT2D eigenvalue weighted by molar-refractivity contribution is 8.01. The fourth-order valence-corrected chi connectivity index (χ4v) is 3.62. The molecular formula is C17H12F2N2OS2. The zero-order chi connectivity index (χ0) is 16.9. The van der Waals surface area contributed by atoms with Crippen molar-refractivity contribution < 1.29 is 13.6 Å². The molecule has 0 aliphatic heterocycles. The molecule has 0 aliphatic carbocycles. The number of carbonyl (C=O) groups is 1. The number of hydrogen-bond acceptors (Lipinski definition) is 4. The van der Waals surface area contributed by atoms with E-state index in [-0.39, 0.29) is 5.75 Å². The number of amides is 1. The van der Waals surface area contributed by atoms with Crippen molar-refractivity contribution in [1.29, 1.82) is 0 Å². The van der Waals surface area contributed by atoms with Gasteiger partial charge in [-0.05, 0) is 12.1 Å².